The van der Waals surface area contributed by atoms with E-state index in [-0.39, 0.29) is 35.7 Å². The molecule has 4 heterocycles. The lowest BCUT2D eigenvalue weighted by Gasteiger charge is -2.23. The number of halogens is 1. The number of aromatic nitrogens is 1. The van der Waals surface area contributed by atoms with Gasteiger partial charge in [-0.3, -0.25) is 9.59 Å². The van der Waals surface area contributed by atoms with Gasteiger partial charge in [0, 0.05) is 30.7 Å². The average molecular weight is 466 g/mol. The van der Waals surface area contributed by atoms with Gasteiger partial charge in [-0.25, -0.2) is 9.37 Å². The fraction of sp³-hybridized carbons (Fsp3) is 0.500. The lowest BCUT2D eigenvalue weighted by Crippen LogP contribution is -2.37. The number of fused-ring (bicyclic) bond motifs is 3. The largest absolute Gasteiger partial charge is 0.491 e. The van der Waals surface area contributed by atoms with Crippen molar-refractivity contribution in [2.45, 2.75) is 69.9 Å². The smallest absolute Gasteiger partial charge is 0.258 e. The highest BCUT2D eigenvalue weighted by molar-refractivity contribution is 5.99. The van der Waals surface area contributed by atoms with Gasteiger partial charge in [0.05, 0.1) is 23.8 Å². The number of ether oxygens (including phenoxy) is 2. The fourth-order valence-electron chi connectivity index (χ4n) is 5.89. The van der Waals surface area contributed by atoms with Gasteiger partial charge in [-0.2, -0.15) is 0 Å². The highest BCUT2D eigenvalue weighted by atomic mass is 19.1. The van der Waals surface area contributed by atoms with E-state index in [2.05, 4.69) is 10.3 Å². The maximum Gasteiger partial charge on any atom is 0.258 e. The minimum absolute atomic E-state index is 0.0131. The third kappa shape index (κ3) is 3.60. The predicted octanol–water partition coefficient (Wildman–Crippen LogP) is 4.13. The van der Waals surface area contributed by atoms with Crippen molar-refractivity contribution in [2.75, 3.05) is 18.5 Å². The predicted molar refractivity (Wildman–Crippen MR) is 123 cm³/mol. The van der Waals surface area contributed by atoms with Crippen molar-refractivity contribution < 1.29 is 23.5 Å². The monoisotopic (exact) mass is 465 g/mol. The Hall–Kier alpha value is -3.16. The number of benzene rings is 1. The van der Waals surface area contributed by atoms with Crippen LogP contribution in [-0.4, -0.2) is 47.0 Å². The second kappa shape index (κ2) is 8.25. The van der Waals surface area contributed by atoms with E-state index in [1.807, 2.05) is 0 Å². The molecule has 1 saturated heterocycles. The summed E-state index contributed by atoms with van der Waals surface area (Å²) >= 11 is 0. The number of nitrogens with zero attached hydrogens (tertiary/aromatic N) is 2. The third-order valence-corrected chi connectivity index (χ3v) is 7.64. The number of carbonyl (C=O) groups excluding carboxylic acids is 2. The molecule has 2 aromatic rings. The Balaban J connectivity index is 1.26. The van der Waals surface area contributed by atoms with Gasteiger partial charge >= 0.3 is 0 Å². The molecular weight excluding hydrogens is 437 g/mol. The molecule has 34 heavy (non-hydrogen) atoms. The quantitative estimate of drug-likeness (QED) is 0.738. The first-order valence-electron chi connectivity index (χ1n) is 12.2. The first kappa shape index (κ1) is 21.4. The van der Waals surface area contributed by atoms with Crippen LogP contribution in [0.5, 0.6) is 11.6 Å². The molecule has 0 radical (unpaired) electrons. The fourth-order valence-corrected chi connectivity index (χ4v) is 5.89. The standard InChI is InChI=1S/C26H28FN3O4/c1-14-8-20-24(23(25(14)27)15-4-2-3-5-15)26(32)30-12-18(9-17(30)13-33-20)34-22-10-19-16(11-28-22)6-7-21(31)29-19/h8,10-11,15,17-18H,2-7,9,12-13H2,1H3,(H,29,31)/t17-,18+/m1/s1. The molecule has 1 N–H and O–H groups in total. The van der Waals surface area contributed by atoms with Crippen molar-refractivity contribution in [2.24, 2.45) is 0 Å². The van der Waals surface area contributed by atoms with Crippen LogP contribution in [0.1, 0.15) is 71.5 Å². The van der Waals surface area contributed by atoms with Crippen LogP contribution >= 0.6 is 0 Å². The number of pyridine rings is 1. The van der Waals surface area contributed by atoms with Crippen molar-refractivity contribution in [3.8, 4) is 11.6 Å². The molecule has 2 fully saturated rings. The molecule has 0 bridgehead atoms. The number of nitrogens with one attached hydrogen (secondary N) is 1. The van der Waals surface area contributed by atoms with Crippen LogP contribution < -0.4 is 14.8 Å². The summed E-state index contributed by atoms with van der Waals surface area (Å²) in [5.74, 6) is 0.530. The zero-order valence-corrected chi connectivity index (χ0v) is 19.2. The highest BCUT2D eigenvalue weighted by Crippen LogP contribution is 2.43. The maximum absolute atomic E-state index is 15.3. The SMILES string of the molecule is Cc1cc2c(c(C3CCCC3)c1F)C(=O)N1C[C@@H](Oc3cc4c(cn3)CCC(=O)N4)C[C@@H]1CO2. The van der Waals surface area contributed by atoms with Gasteiger partial charge in [-0.05, 0) is 49.3 Å². The number of hydrogen-bond donors (Lipinski definition) is 1. The molecule has 1 aromatic carbocycles. The van der Waals surface area contributed by atoms with E-state index in [1.165, 1.54) is 0 Å². The molecule has 178 valence electrons. The zero-order chi connectivity index (χ0) is 23.4. The number of hydrogen-bond acceptors (Lipinski definition) is 5. The topological polar surface area (TPSA) is 80.8 Å². The molecule has 7 nitrogen and oxygen atoms in total. The number of aryl methyl sites for hydroxylation is 2. The molecule has 2 atom stereocenters. The zero-order valence-electron chi connectivity index (χ0n) is 19.2. The second-order valence-electron chi connectivity index (χ2n) is 9.90. The first-order chi connectivity index (χ1) is 16.5. The van der Waals surface area contributed by atoms with Gasteiger partial charge in [0.25, 0.3) is 5.91 Å². The van der Waals surface area contributed by atoms with E-state index in [9.17, 15) is 9.59 Å². The van der Waals surface area contributed by atoms with Crippen LogP contribution in [0, 0.1) is 12.7 Å². The van der Waals surface area contributed by atoms with E-state index in [1.54, 1.807) is 30.2 Å². The van der Waals surface area contributed by atoms with Gasteiger partial charge in [0.2, 0.25) is 11.8 Å². The molecule has 0 spiro atoms. The van der Waals surface area contributed by atoms with Crippen LogP contribution in [0.15, 0.2) is 18.3 Å². The number of amides is 2. The second-order valence-corrected chi connectivity index (χ2v) is 9.90. The lowest BCUT2D eigenvalue weighted by molar-refractivity contribution is -0.116. The Labute approximate surface area is 197 Å². The van der Waals surface area contributed by atoms with Gasteiger partial charge in [0.15, 0.2) is 0 Å². The summed E-state index contributed by atoms with van der Waals surface area (Å²) in [6, 6.07) is 3.27. The summed E-state index contributed by atoms with van der Waals surface area (Å²) in [7, 11) is 0. The Bertz CT molecular complexity index is 1180. The molecule has 4 aliphatic rings. The molecule has 2 amide bonds. The number of anilines is 1. The molecule has 0 unspecified atom stereocenters. The summed E-state index contributed by atoms with van der Waals surface area (Å²) in [6.45, 7) is 2.48. The van der Waals surface area contributed by atoms with Crippen LogP contribution in [0.4, 0.5) is 10.1 Å². The van der Waals surface area contributed by atoms with Crippen LogP contribution in [0.2, 0.25) is 0 Å². The summed E-state index contributed by atoms with van der Waals surface area (Å²) in [6.07, 6.45) is 7.11. The van der Waals surface area contributed by atoms with E-state index in [0.29, 0.717) is 60.7 Å². The highest BCUT2D eigenvalue weighted by Gasteiger charge is 2.43. The van der Waals surface area contributed by atoms with Crippen molar-refractivity contribution in [3.05, 3.63) is 46.4 Å². The van der Waals surface area contributed by atoms with Crippen LogP contribution in [0.3, 0.4) is 0 Å². The number of rotatable bonds is 3. The van der Waals surface area contributed by atoms with E-state index in [0.717, 1.165) is 36.9 Å². The van der Waals surface area contributed by atoms with Gasteiger partial charge in [-0.1, -0.05) is 12.8 Å². The van der Waals surface area contributed by atoms with E-state index < -0.39 is 0 Å². The Kier molecular flexibility index (Phi) is 5.19. The summed E-state index contributed by atoms with van der Waals surface area (Å²) in [4.78, 5) is 31.7. The van der Waals surface area contributed by atoms with Crippen molar-refractivity contribution in [1.82, 2.24) is 9.88 Å². The molecule has 8 heteroatoms. The lowest BCUT2D eigenvalue weighted by atomic mass is 9.89. The Morgan fingerprint density at radius 1 is 1.21 bits per heavy atom. The van der Waals surface area contributed by atoms with Crippen molar-refractivity contribution in [1.29, 1.82) is 0 Å². The molecule has 1 saturated carbocycles. The Morgan fingerprint density at radius 3 is 2.85 bits per heavy atom. The maximum atomic E-state index is 15.3. The minimum Gasteiger partial charge on any atom is -0.491 e. The van der Waals surface area contributed by atoms with Gasteiger partial charge < -0.3 is 19.7 Å². The normalized spacial score (nSPS) is 24.1. The van der Waals surface area contributed by atoms with Gasteiger partial charge in [-0.15, -0.1) is 0 Å². The minimum atomic E-state index is -0.270. The summed E-state index contributed by atoms with van der Waals surface area (Å²) < 4.78 is 27.6. The van der Waals surface area contributed by atoms with E-state index in [4.69, 9.17) is 9.47 Å². The van der Waals surface area contributed by atoms with Crippen LogP contribution in [-0.2, 0) is 11.2 Å². The molecule has 3 aliphatic heterocycles. The van der Waals surface area contributed by atoms with Crippen LogP contribution in [0.25, 0.3) is 0 Å². The molecule has 6 rings (SSSR count). The van der Waals surface area contributed by atoms with Gasteiger partial charge in [0.1, 0.15) is 24.3 Å². The Morgan fingerprint density at radius 2 is 2.03 bits per heavy atom. The molecular formula is C26H28FN3O4. The third-order valence-electron chi connectivity index (χ3n) is 7.64. The number of carbonyl (C=O) groups is 2. The molecule has 1 aromatic heterocycles. The summed E-state index contributed by atoms with van der Waals surface area (Å²) in [5.41, 5.74) is 3.18. The molecule has 1 aliphatic carbocycles. The van der Waals surface area contributed by atoms with Crippen molar-refractivity contribution in [3.63, 3.8) is 0 Å². The average Bonchev–Trinajstić information content (AvgIpc) is 3.46. The summed E-state index contributed by atoms with van der Waals surface area (Å²) in [5, 5.41) is 2.87. The first-order valence-corrected chi connectivity index (χ1v) is 12.2. The van der Waals surface area contributed by atoms with Crippen molar-refractivity contribution >= 4 is 17.5 Å². The van der Waals surface area contributed by atoms with E-state index >= 15 is 4.39 Å².